The Balaban J connectivity index is 1.57. The van der Waals surface area contributed by atoms with E-state index < -0.39 is 15.9 Å². The number of nitrogens with two attached hydrogens (primary N) is 1. The van der Waals surface area contributed by atoms with Crippen molar-refractivity contribution >= 4 is 38.3 Å². The van der Waals surface area contributed by atoms with Gasteiger partial charge in [-0.3, -0.25) is 9.59 Å². The van der Waals surface area contributed by atoms with E-state index in [0.29, 0.717) is 29.4 Å². The molecule has 0 unspecified atom stereocenters. The molecule has 4 N–H and O–H groups in total. The molecule has 0 spiro atoms. The highest BCUT2D eigenvalue weighted by Crippen LogP contribution is 2.25. The predicted octanol–water partition coefficient (Wildman–Crippen LogP) is 0.601. The molecule has 2 aromatic heterocycles. The van der Waals surface area contributed by atoms with E-state index in [9.17, 15) is 18.0 Å². The van der Waals surface area contributed by atoms with Crippen LogP contribution < -0.4 is 11.1 Å². The van der Waals surface area contributed by atoms with Gasteiger partial charge >= 0.3 is 0 Å². The van der Waals surface area contributed by atoms with Crippen molar-refractivity contribution < 1.29 is 18.0 Å². The molecular weight excluding hydrogens is 366 g/mol. The Hall–Kier alpha value is -2.24. The van der Waals surface area contributed by atoms with Gasteiger partial charge in [0, 0.05) is 36.7 Å². The highest BCUT2D eigenvalue weighted by Gasteiger charge is 2.28. The second-order valence-corrected chi connectivity index (χ2v) is 8.52. The number of primary amides is 1. The Morgan fingerprint density at radius 2 is 2.24 bits per heavy atom. The fourth-order valence-corrected chi connectivity index (χ4v) is 4.76. The fraction of sp³-hybridized carbons (Fsp3) is 0.357. The Labute approximate surface area is 148 Å². The third kappa shape index (κ3) is 4.06. The topological polar surface area (TPSA) is 138 Å². The van der Waals surface area contributed by atoms with Crippen LogP contribution in [0.1, 0.15) is 23.3 Å². The standard InChI is InChI=1S/C14H17N5O4S2/c15-13(21)10-6-9(7-16-10)11-8-24-14(17-11)18-12(20)2-4-19-3-1-5-25(19,22)23/h6-8,16H,1-5H2,(H2,15,21)(H,17,18,20). The maximum Gasteiger partial charge on any atom is 0.265 e. The van der Waals surface area contributed by atoms with Crippen LogP contribution in [0.2, 0.25) is 0 Å². The van der Waals surface area contributed by atoms with Crippen molar-refractivity contribution in [3.05, 3.63) is 23.3 Å². The summed E-state index contributed by atoms with van der Waals surface area (Å²) in [7, 11) is -3.19. The molecule has 134 valence electrons. The Morgan fingerprint density at radius 1 is 1.44 bits per heavy atom. The molecule has 0 saturated carbocycles. The van der Waals surface area contributed by atoms with Crippen molar-refractivity contribution in [2.45, 2.75) is 12.8 Å². The van der Waals surface area contributed by atoms with Crippen LogP contribution in [0.25, 0.3) is 11.3 Å². The molecule has 1 aliphatic heterocycles. The zero-order valence-electron chi connectivity index (χ0n) is 13.2. The van der Waals surface area contributed by atoms with E-state index in [0.717, 1.165) is 0 Å². The molecule has 0 bridgehead atoms. The molecule has 2 amide bonds. The monoisotopic (exact) mass is 383 g/mol. The molecule has 25 heavy (non-hydrogen) atoms. The van der Waals surface area contributed by atoms with Gasteiger partial charge in [-0.25, -0.2) is 17.7 Å². The second kappa shape index (κ2) is 6.94. The van der Waals surface area contributed by atoms with Crippen LogP contribution in [0.3, 0.4) is 0 Å². The van der Waals surface area contributed by atoms with Crippen molar-refractivity contribution in [1.29, 1.82) is 0 Å². The number of rotatable bonds is 6. The summed E-state index contributed by atoms with van der Waals surface area (Å²) in [6, 6.07) is 1.58. The van der Waals surface area contributed by atoms with Gasteiger partial charge < -0.3 is 16.0 Å². The van der Waals surface area contributed by atoms with E-state index in [-0.39, 0.29) is 30.3 Å². The minimum absolute atomic E-state index is 0.0735. The summed E-state index contributed by atoms with van der Waals surface area (Å²) in [6.45, 7) is 0.638. The lowest BCUT2D eigenvalue weighted by atomic mass is 10.2. The summed E-state index contributed by atoms with van der Waals surface area (Å²) in [5.41, 5.74) is 6.76. The Bertz CT molecular complexity index is 902. The van der Waals surface area contributed by atoms with E-state index >= 15 is 0 Å². The maximum absolute atomic E-state index is 12.0. The first-order valence-corrected chi connectivity index (χ1v) is 10.1. The van der Waals surface area contributed by atoms with Crippen LogP contribution in [-0.2, 0) is 14.8 Å². The molecule has 1 aliphatic rings. The number of hydrogen-bond acceptors (Lipinski definition) is 6. The summed E-state index contributed by atoms with van der Waals surface area (Å²) < 4.78 is 24.7. The Morgan fingerprint density at radius 3 is 2.88 bits per heavy atom. The lowest BCUT2D eigenvalue weighted by Crippen LogP contribution is -2.29. The van der Waals surface area contributed by atoms with E-state index in [1.54, 1.807) is 17.6 Å². The number of thiazole rings is 1. The van der Waals surface area contributed by atoms with Crippen LogP contribution in [0.4, 0.5) is 5.13 Å². The van der Waals surface area contributed by atoms with Crippen LogP contribution >= 0.6 is 11.3 Å². The maximum atomic E-state index is 12.0. The van der Waals surface area contributed by atoms with Crippen LogP contribution in [-0.4, -0.2) is 53.3 Å². The zero-order chi connectivity index (χ0) is 18.0. The van der Waals surface area contributed by atoms with Gasteiger partial charge in [-0.15, -0.1) is 11.3 Å². The fourth-order valence-electron chi connectivity index (χ4n) is 2.50. The van der Waals surface area contributed by atoms with Crippen molar-refractivity contribution in [2.75, 3.05) is 24.2 Å². The second-order valence-electron chi connectivity index (χ2n) is 5.57. The third-order valence-corrected chi connectivity index (χ3v) is 6.50. The van der Waals surface area contributed by atoms with E-state index in [4.69, 9.17) is 5.73 Å². The number of sulfonamides is 1. The molecule has 0 radical (unpaired) electrons. The number of amides is 2. The zero-order valence-corrected chi connectivity index (χ0v) is 14.8. The number of carbonyl (C=O) groups excluding carboxylic acids is 2. The van der Waals surface area contributed by atoms with Crippen molar-refractivity contribution in [1.82, 2.24) is 14.3 Å². The van der Waals surface area contributed by atoms with Gasteiger partial charge in [-0.2, -0.15) is 0 Å². The van der Waals surface area contributed by atoms with Crippen molar-refractivity contribution in [3.8, 4) is 11.3 Å². The first kappa shape index (κ1) is 17.6. The molecule has 0 aliphatic carbocycles. The molecule has 2 aromatic rings. The third-order valence-electron chi connectivity index (χ3n) is 3.79. The SMILES string of the molecule is NC(=O)c1cc(-c2csc(NC(=O)CCN3CCCS3(=O)=O)n2)c[nH]1. The summed E-state index contributed by atoms with van der Waals surface area (Å²) in [5, 5.41) is 4.81. The molecule has 11 heteroatoms. The Kier molecular flexibility index (Phi) is 4.88. The van der Waals surface area contributed by atoms with Crippen molar-refractivity contribution in [3.63, 3.8) is 0 Å². The minimum atomic E-state index is -3.19. The number of nitrogens with one attached hydrogen (secondary N) is 2. The smallest absolute Gasteiger partial charge is 0.265 e. The van der Waals surface area contributed by atoms with Gasteiger partial charge in [-0.1, -0.05) is 0 Å². The molecule has 9 nitrogen and oxygen atoms in total. The van der Waals surface area contributed by atoms with Gasteiger partial charge in [0.2, 0.25) is 15.9 Å². The summed E-state index contributed by atoms with van der Waals surface area (Å²) in [4.78, 5) is 30.1. The molecular formula is C14H17N5O4S2. The number of aromatic amines is 1. The highest BCUT2D eigenvalue weighted by atomic mass is 32.2. The first-order chi connectivity index (χ1) is 11.8. The van der Waals surface area contributed by atoms with Crippen LogP contribution in [0, 0.1) is 0 Å². The van der Waals surface area contributed by atoms with Crippen LogP contribution in [0.5, 0.6) is 0 Å². The molecule has 0 aromatic carbocycles. The van der Waals surface area contributed by atoms with Crippen molar-refractivity contribution in [2.24, 2.45) is 5.73 Å². The number of aromatic nitrogens is 2. The largest absolute Gasteiger partial charge is 0.364 e. The van der Waals surface area contributed by atoms with E-state index in [1.165, 1.54) is 15.6 Å². The number of nitrogens with zero attached hydrogens (tertiary/aromatic N) is 2. The van der Waals surface area contributed by atoms with Gasteiger partial charge in [0.15, 0.2) is 5.13 Å². The lowest BCUT2D eigenvalue weighted by Gasteiger charge is -2.13. The van der Waals surface area contributed by atoms with Gasteiger partial charge in [0.05, 0.1) is 11.4 Å². The van der Waals surface area contributed by atoms with Gasteiger partial charge in [0.25, 0.3) is 5.91 Å². The molecule has 1 fully saturated rings. The molecule has 3 rings (SSSR count). The van der Waals surface area contributed by atoms with Gasteiger partial charge in [-0.05, 0) is 12.5 Å². The minimum Gasteiger partial charge on any atom is -0.364 e. The van der Waals surface area contributed by atoms with Crippen LogP contribution in [0.15, 0.2) is 17.6 Å². The lowest BCUT2D eigenvalue weighted by molar-refractivity contribution is -0.116. The van der Waals surface area contributed by atoms with Gasteiger partial charge in [0.1, 0.15) is 5.69 Å². The molecule has 3 heterocycles. The molecule has 0 atom stereocenters. The number of anilines is 1. The molecule has 1 saturated heterocycles. The number of H-pyrrole nitrogens is 1. The van der Waals surface area contributed by atoms with E-state index in [1.807, 2.05) is 0 Å². The number of carbonyl (C=O) groups is 2. The average molecular weight is 383 g/mol. The average Bonchev–Trinajstić information content (AvgIpc) is 3.24. The summed E-state index contributed by atoms with van der Waals surface area (Å²) >= 11 is 1.24. The quantitative estimate of drug-likeness (QED) is 0.670. The predicted molar refractivity (Wildman–Crippen MR) is 93.6 cm³/mol. The van der Waals surface area contributed by atoms with E-state index in [2.05, 4.69) is 15.3 Å². The first-order valence-electron chi connectivity index (χ1n) is 7.57. The summed E-state index contributed by atoms with van der Waals surface area (Å²) in [6.07, 6.45) is 2.28. The summed E-state index contributed by atoms with van der Waals surface area (Å²) in [5.74, 6) is -0.712. The normalized spacial score (nSPS) is 16.8. The highest BCUT2D eigenvalue weighted by molar-refractivity contribution is 7.89. The number of hydrogen-bond donors (Lipinski definition) is 3.